The summed E-state index contributed by atoms with van der Waals surface area (Å²) in [5.74, 6) is 1.09. The maximum atomic E-state index is 12.5. The molecule has 0 fully saturated rings. The van der Waals surface area contributed by atoms with Gasteiger partial charge in [-0.2, -0.15) is 0 Å². The van der Waals surface area contributed by atoms with Crippen LogP contribution in [0.1, 0.15) is 28.5 Å². The molecular formula is C19H20N4O3S. The Labute approximate surface area is 161 Å². The lowest BCUT2D eigenvalue weighted by Gasteiger charge is -2.09. The number of hydrogen-bond acceptors (Lipinski definition) is 6. The van der Waals surface area contributed by atoms with Crippen molar-refractivity contribution in [3.05, 3.63) is 47.4 Å². The number of imidazole rings is 1. The van der Waals surface area contributed by atoms with Crippen molar-refractivity contribution in [1.82, 2.24) is 14.5 Å². The largest absolute Gasteiger partial charge is 0.496 e. The molecule has 140 valence electrons. The summed E-state index contributed by atoms with van der Waals surface area (Å²) in [6, 6.07) is 5.07. The standard InChI is InChI=1S/C19H20N4O3S/c1-11-17(18-20-7-8-23(18)3)27-19(21-11)22-16(25)10-14-9-13(12(2)24)5-6-15(14)26-4/h5-9H,10H2,1-4H3,(H,21,22,25). The van der Waals surface area contributed by atoms with E-state index in [1.165, 1.54) is 25.4 Å². The minimum absolute atomic E-state index is 0.0606. The Kier molecular flexibility index (Phi) is 5.36. The second-order valence-corrected chi connectivity index (χ2v) is 7.10. The van der Waals surface area contributed by atoms with Gasteiger partial charge in [-0.15, -0.1) is 0 Å². The summed E-state index contributed by atoms with van der Waals surface area (Å²) in [5, 5.41) is 3.34. The number of carbonyl (C=O) groups excluding carboxylic acids is 2. The second-order valence-electron chi connectivity index (χ2n) is 6.10. The average Bonchev–Trinajstić information content (AvgIpc) is 3.19. The molecule has 0 bridgehead atoms. The minimum Gasteiger partial charge on any atom is -0.496 e. The Morgan fingerprint density at radius 3 is 2.74 bits per heavy atom. The summed E-state index contributed by atoms with van der Waals surface area (Å²) >= 11 is 1.38. The Bertz CT molecular complexity index is 1010. The van der Waals surface area contributed by atoms with E-state index in [0.717, 1.165) is 16.4 Å². The number of ketones is 1. The summed E-state index contributed by atoms with van der Waals surface area (Å²) in [7, 11) is 3.45. The smallest absolute Gasteiger partial charge is 0.230 e. The molecule has 27 heavy (non-hydrogen) atoms. The Balaban J connectivity index is 1.78. The van der Waals surface area contributed by atoms with E-state index in [9.17, 15) is 9.59 Å². The van der Waals surface area contributed by atoms with Crippen LogP contribution in [0.4, 0.5) is 5.13 Å². The number of benzene rings is 1. The molecule has 0 radical (unpaired) electrons. The van der Waals surface area contributed by atoms with E-state index in [1.54, 1.807) is 24.4 Å². The number of amides is 1. The number of aromatic nitrogens is 3. The Morgan fingerprint density at radius 2 is 2.11 bits per heavy atom. The molecule has 0 atom stereocenters. The van der Waals surface area contributed by atoms with Crippen molar-refractivity contribution in [2.75, 3.05) is 12.4 Å². The fourth-order valence-electron chi connectivity index (χ4n) is 2.71. The molecule has 1 N–H and O–H groups in total. The van der Waals surface area contributed by atoms with E-state index in [4.69, 9.17) is 4.74 Å². The van der Waals surface area contributed by atoms with Gasteiger partial charge in [0.15, 0.2) is 16.7 Å². The van der Waals surface area contributed by atoms with Crippen molar-refractivity contribution >= 4 is 28.2 Å². The van der Waals surface area contributed by atoms with E-state index in [1.807, 2.05) is 24.7 Å². The maximum absolute atomic E-state index is 12.5. The molecule has 0 saturated heterocycles. The summed E-state index contributed by atoms with van der Waals surface area (Å²) in [5.41, 5.74) is 2.00. The first kappa shape index (κ1) is 18.8. The molecule has 8 heteroatoms. The van der Waals surface area contributed by atoms with Gasteiger partial charge in [-0.3, -0.25) is 9.59 Å². The van der Waals surface area contributed by atoms with E-state index >= 15 is 0 Å². The highest BCUT2D eigenvalue weighted by molar-refractivity contribution is 7.19. The molecular weight excluding hydrogens is 364 g/mol. The van der Waals surface area contributed by atoms with Crippen molar-refractivity contribution < 1.29 is 14.3 Å². The summed E-state index contributed by atoms with van der Waals surface area (Å²) in [4.78, 5) is 33.8. The van der Waals surface area contributed by atoms with Gasteiger partial charge >= 0.3 is 0 Å². The molecule has 1 amide bonds. The van der Waals surface area contributed by atoms with E-state index in [-0.39, 0.29) is 18.1 Å². The Morgan fingerprint density at radius 1 is 1.33 bits per heavy atom. The fourth-order valence-corrected chi connectivity index (χ4v) is 3.74. The zero-order valence-electron chi connectivity index (χ0n) is 15.6. The van der Waals surface area contributed by atoms with Crippen LogP contribution in [0.15, 0.2) is 30.6 Å². The fraction of sp³-hybridized carbons (Fsp3) is 0.263. The van der Waals surface area contributed by atoms with Crippen LogP contribution in [0.2, 0.25) is 0 Å². The van der Waals surface area contributed by atoms with Crippen LogP contribution in [0.5, 0.6) is 5.75 Å². The monoisotopic (exact) mass is 384 g/mol. The van der Waals surface area contributed by atoms with Crippen LogP contribution < -0.4 is 10.1 Å². The predicted octanol–water partition coefficient (Wildman–Crippen LogP) is 3.24. The van der Waals surface area contributed by atoms with E-state index in [0.29, 0.717) is 22.0 Å². The molecule has 2 aromatic heterocycles. The zero-order valence-corrected chi connectivity index (χ0v) is 16.4. The van der Waals surface area contributed by atoms with Crippen molar-refractivity contribution in [2.24, 2.45) is 7.05 Å². The summed E-state index contributed by atoms with van der Waals surface area (Å²) in [6.07, 6.45) is 3.67. The third-order valence-electron chi connectivity index (χ3n) is 4.11. The van der Waals surface area contributed by atoms with Crippen molar-refractivity contribution in [1.29, 1.82) is 0 Å². The molecule has 7 nitrogen and oxygen atoms in total. The molecule has 0 aliphatic rings. The normalized spacial score (nSPS) is 10.7. The first-order valence-corrected chi connectivity index (χ1v) is 9.13. The van der Waals surface area contributed by atoms with Crippen molar-refractivity contribution in [2.45, 2.75) is 20.3 Å². The number of Topliss-reactive ketones (excluding diaryl/α,β-unsaturated/α-hetero) is 1. The Hall–Kier alpha value is -3.00. The number of nitrogens with one attached hydrogen (secondary N) is 1. The highest BCUT2D eigenvalue weighted by atomic mass is 32.1. The number of carbonyl (C=O) groups is 2. The quantitative estimate of drug-likeness (QED) is 0.660. The SMILES string of the molecule is COc1ccc(C(C)=O)cc1CC(=O)Nc1nc(C)c(-c2nccn2C)s1. The minimum atomic E-state index is -0.228. The number of methoxy groups -OCH3 is 1. The van der Waals surface area contributed by atoms with Crippen LogP contribution >= 0.6 is 11.3 Å². The van der Waals surface area contributed by atoms with Gasteiger partial charge in [0.1, 0.15) is 5.75 Å². The molecule has 3 rings (SSSR count). The number of aryl methyl sites for hydroxylation is 2. The van der Waals surface area contributed by atoms with Gasteiger partial charge in [-0.25, -0.2) is 9.97 Å². The summed E-state index contributed by atoms with van der Waals surface area (Å²) in [6.45, 7) is 3.37. The van der Waals surface area contributed by atoms with Gasteiger partial charge in [0, 0.05) is 30.6 Å². The molecule has 0 spiro atoms. The van der Waals surface area contributed by atoms with Crippen LogP contribution in [0, 0.1) is 6.92 Å². The lowest BCUT2D eigenvalue weighted by Crippen LogP contribution is -2.15. The molecule has 0 unspecified atom stereocenters. The van der Waals surface area contributed by atoms with Crippen LogP contribution in [-0.2, 0) is 18.3 Å². The average molecular weight is 384 g/mol. The first-order valence-electron chi connectivity index (χ1n) is 8.32. The van der Waals surface area contributed by atoms with Gasteiger partial charge in [0.25, 0.3) is 0 Å². The first-order chi connectivity index (χ1) is 12.9. The van der Waals surface area contributed by atoms with Gasteiger partial charge in [0.05, 0.1) is 24.1 Å². The number of anilines is 1. The van der Waals surface area contributed by atoms with Crippen LogP contribution in [-0.4, -0.2) is 33.3 Å². The lowest BCUT2D eigenvalue weighted by atomic mass is 10.0. The van der Waals surface area contributed by atoms with Gasteiger partial charge < -0.3 is 14.6 Å². The van der Waals surface area contributed by atoms with Gasteiger partial charge in [0.2, 0.25) is 5.91 Å². The third-order valence-corrected chi connectivity index (χ3v) is 5.17. The van der Waals surface area contributed by atoms with Crippen LogP contribution in [0.3, 0.4) is 0 Å². The topological polar surface area (TPSA) is 86.1 Å². The summed E-state index contributed by atoms with van der Waals surface area (Å²) < 4.78 is 7.21. The maximum Gasteiger partial charge on any atom is 0.230 e. The number of hydrogen-bond donors (Lipinski definition) is 1. The van der Waals surface area contributed by atoms with Crippen molar-refractivity contribution in [3.63, 3.8) is 0 Å². The number of nitrogens with zero attached hydrogens (tertiary/aromatic N) is 3. The van der Waals surface area contributed by atoms with Gasteiger partial charge in [-0.1, -0.05) is 11.3 Å². The van der Waals surface area contributed by atoms with Gasteiger partial charge in [-0.05, 0) is 32.0 Å². The predicted molar refractivity (Wildman–Crippen MR) is 104 cm³/mol. The number of thiazole rings is 1. The molecule has 0 aliphatic carbocycles. The lowest BCUT2D eigenvalue weighted by molar-refractivity contribution is -0.115. The number of rotatable bonds is 6. The highest BCUT2D eigenvalue weighted by Crippen LogP contribution is 2.31. The molecule has 0 aliphatic heterocycles. The van der Waals surface area contributed by atoms with Crippen molar-refractivity contribution in [3.8, 4) is 16.5 Å². The molecule has 3 aromatic rings. The molecule has 2 heterocycles. The van der Waals surface area contributed by atoms with Crippen LogP contribution in [0.25, 0.3) is 10.7 Å². The van der Waals surface area contributed by atoms with E-state index in [2.05, 4.69) is 15.3 Å². The molecule has 0 saturated carbocycles. The zero-order chi connectivity index (χ0) is 19.6. The number of ether oxygens (including phenoxy) is 1. The highest BCUT2D eigenvalue weighted by Gasteiger charge is 2.16. The molecule has 1 aromatic carbocycles. The van der Waals surface area contributed by atoms with E-state index < -0.39 is 0 Å². The third kappa shape index (κ3) is 4.06. The second kappa shape index (κ2) is 7.71.